The van der Waals surface area contributed by atoms with E-state index in [0.29, 0.717) is 16.7 Å². The molecular weight excluding hydrogens is 262 g/mol. The first-order valence-electron chi connectivity index (χ1n) is 6.01. The molecule has 98 valence electrons. The van der Waals surface area contributed by atoms with E-state index in [9.17, 15) is 9.90 Å². The second kappa shape index (κ2) is 4.74. The van der Waals surface area contributed by atoms with E-state index in [-0.39, 0.29) is 0 Å². The summed E-state index contributed by atoms with van der Waals surface area (Å²) < 4.78 is 5.18. The molecule has 1 aromatic heterocycles. The Morgan fingerprint density at radius 1 is 1.47 bits per heavy atom. The van der Waals surface area contributed by atoms with Crippen molar-refractivity contribution in [1.82, 2.24) is 4.98 Å². The average molecular weight is 275 g/mol. The van der Waals surface area contributed by atoms with Crippen molar-refractivity contribution in [1.29, 1.82) is 0 Å². The third-order valence-electron chi connectivity index (χ3n) is 3.32. The Kier molecular flexibility index (Phi) is 3.06. The van der Waals surface area contributed by atoms with Crippen molar-refractivity contribution in [3.8, 4) is 5.75 Å². The van der Waals surface area contributed by atoms with Crippen molar-refractivity contribution in [2.75, 3.05) is 12.9 Å². The first kappa shape index (κ1) is 12.3. The molecule has 1 aromatic carbocycles. The van der Waals surface area contributed by atoms with E-state index in [4.69, 9.17) is 4.74 Å². The lowest BCUT2D eigenvalue weighted by Gasteiger charge is -2.18. The number of aryl methyl sites for hydroxylation is 1. The summed E-state index contributed by atoms with van der Waals surface area (Å²) in [6.07, 6.45) is 0.836. The summed E-state index contributed by atoms with van der Waals surface area (Å²) in [5.74, 6) is 1.48. The zero-order valence-electron chi connectivity index (χ0n) is 10.5. The van der Waals surface area contributed by atoms with Gasteiger partial charge in [-0.25, -0.2) is 4.79 Å². The standard InChI is InChI=1S/C14H13NO3S/c1-18-8-2-3-11-9(6-8)13(14(16)17)10-7-19-5-4-12(10)15-11/h2-3,6H,4-5,7H2,1H3,(H,16,17). The van der Waals surface area contributed by atoms with Gasteiger partial charge in [0.15, 0.2) is 0 Å². The third kappa shape index (κ3) is 2.04. The van der Waals surface area contributed by atoms with E-state index in [0.717, 1.165) is 34.7 Å². The number of rotatable bonds is 2. The monoisotopic (exact) mass is 275 g/mol. The summed E-state index contributed by atoms with van der Waals surface area (Å²) in [5, 5.41) is 10.2. The summed E-state index contributed by atoms with van der Waals surface area (Å²) in [6.45, 7) is 0. The lowest BCUT2D eigenvalue weighted by Crippen LogP contribution is -2.13. The molecule has 3 rings (SSSR count). The minimum absolute atomic E-state index is 0.381. The van der Waals surface area contributed by atoms with E-state index < -0.39 is 5.97 Å². The largest absolute Gasteiger partial charge is 0.497 e. The van der Waals surface area contributed by atoms with Crippen LogP contribution < -0.4 is 4.74 Å². The number of pyridine rings is 1. The highest BCUT2D eigenvalue weighted by Crippen LogP contribution is 2.32. The van der Waals surface area contributed by atoms with Gasteiger partial charge < -0.3 is 9.84 Å². The fourth-order valence-corrected chi connectivity index (χ4v) is 3.41. The molecule has 1 aliphatic heterocycles. The van der Waals surface area contributed by atoms with Crippen LogP contribution >= 0.6 is 11.8 Å². The molecule has 19 heavy (non-hydrogen) atoms. The number of carboxylic acid groups (broad SMARTS) is 1. The van der Waals surface area contributed by atoms with Crippen LogP contribution in [0.3, 0.4) is 0 Å². The van der Waals surface area contributed by atoms with E-state index in [2.05, 4.69) is 4.98 Å². The van der Waals surface area contributed by atoms with Crippen molar-refractivity contribution < 1.29 is 14.6 Å². The molecule has 0 bridgehead atoms. The molecule has 0 atom stereocenters. The van der Waals surface area contributed by atoms with Crippen LogP contribution in [0.1, 0.15) is 21.6 Å². The maximum Gasteiger partial charge on any atom is 0.336 e. The smallest absolute Gasteiger partial charge is 0.336 e. The number of ether oxygens (including phenoxy) is 1. The fraction of sp³-hybridized carbons (Fsp3) is 0.286. The molecule has 0 saturated carbocycles. The van der Waals surface area contributed by atoms with Crippen molar-refractivity contribution >= 4 is 28.6 Å². The SMILES string of the molecule is COc1ccc2nc3c(c(C(=O)O)c2c1)CSCC3. The van der Waals surface area contributed by atoms with Crippen LogP contribution in [0, 0.1) is 0 Å². The zero-order valence-corrected chi connectivity index (χ0v) is 11.3. The molecule has 5 heteroatoms. The number of thioether (sulfide) groups is 1. The number of carboxylic acids is 1. The second-order valence-corrected chi connectivity index (χ2v) is 5.51. The number of aromatic carboxylic acids is 1. The summed E-state index contributed by atoms with van der Waals surface area (Å²) in [7, 11) is 1.57. The van der Waals surface area contributed by atoms with Gasteiger partial charge in [0.25, 0.3) is 0 Å². The summed E-state index contributed by atoms with van der Waals surface area (Å²) >= 11 is 1.75. The predicted molar refractivity (Wildman–Crippen MR) is 75.1 cm³/mol. The Balaban J connectivity index is 2.36. The number of methoxy groups -OCH3 is 1. The van der Waals surface area contributed by atoms with Gasteiger partial charge >= 0.3 is 5.97 Å². The maximum atomic E-state index is 11.6. The molecule has 2 heterocycles. The summed E-state index contributed by atoms with van der Waals surface area (Å²) in [5.41, 5.74) is 2.90. The number of aromatic nitrogens is 1. The van der Waals surface area contributed by atoms with Gasteiger partial charge in [0, 0.05) is 16.8 Å². The Morgan fingerprint density at radius 3 is 3.05 bits per heavy atom. The molecule has 2 aromatic rings. The fourth-order valence-electron chi connectivity index (χ4n) is 2.41. The molecule has 0 spiro atoms. The highest BCUT2D eigenvalue weighted by atomic mass is 32.2. The van der Waals surface area contributed by atoms with Gasteiger partial charge in [-0.15, -0.1) is 0 Å². The first-order chi connectivity index (χ1) is 9.20. The highest BCUT2D eigenvalue weighted by molar-refractivity contribution is 7.98. The molecule has 4 nitrogen and oxygen atoms in total. The van der Waals surface area contributed by atoms with Crippen LogP contribution in [0.5, 0.6) is 5.75 Å². The molecule has 0 aliphatic carbocycles. The van der Waals surface area contributed by atoms with Gasteiger partial charge in [0.2, 0.25) is 0 Å². The summed E-state index contributed by atoms with van der Waals surface area (Å²) in [6, 6.07) is 5.39. The third-order valence-corrected chi connectivity index (χ3v) is 4.31. The van der Waals surface area contributed by atoms with Gasteiger partial charge in [-0.05, 0) is 35.9 Å². The lowest BCUT2D eigenvalue weighted by molar-refractivity contribution is 0.0698. The quantitative estimate of drug-likeness (QED) is 0.913. The number of fused-ring (bicyclic) bond motifs is 2. The van der Waals surface area contributed by atoms with Crippen LogP contribution in [0.25, 0.3) is 10.9 Å². The minimum atomic E-state index is -0.889. The normalized spacial score (nSPS) is 14.2. The van der Waals surface area contributed by atoms with Crippen LogP contribution in [0.2, 0.25) is 0 Å². The van der Waals surface area contributed by atoms with Crippen LogP contribution in [0.15, 0.2) is 18.2 Å². The van der Waals surface area contributed by atoms with Crippen LogP contribution in [-0.2, 0) is 12.2 Å². The average Bonchev–Trinajstić information content (AvgIpc) is 2.43. The van der Waals surface area contributed by atoms with E-state index in [1.54, 1.807) is 24.9 Å². The molecule has 0 fully saturated rings. The van der Waals surface area contributed by atoms with Gasteiger partial charge in [0.1, 0.15) is 5.75 Å². The number of carbonyl (C=O) groups is 1. The minimum Gasteiger partial charge on any atom is -0.497 e. The molecule has 0 saturated heterocycles. The van der Waals surface area contributed by atoms with Crippen LogP contribution in [-0.4, -0.2) is 28.9 Å². The van der Waals surface area contributed by atoms with Crippen molar-refractivity contribution in [3.05, 3.63) is 35.0 Å². The number of hydrogen-bond acceptors (Lipinski definition) is 4. The van der Waals surface area contributed by atoms with E-state index >= 15 is 0 Å². The molecule has 1 aliphatic rings. The second-order valence-electron chi connectivity index (χ2n) is 4.40. The molecule has 0 radical (unpaired) electrons. The van der Waals surface area contributed by atoms with Crippen molar-refractivity contribution in [2.45, 2.75) is 12.2 Å². The number of nitrogens with zero attached hydrogens (tertiary/aromatic N) is 1. The Morgan fingerprint density at radius 2 is 2.32 bits per heavy atom. The Labute approximate surface area is 114 Å². The molecule has 1 N–H and O–H groups in total. The maximum absolute atomic E-state index is 11.6. The topological polar surface area (TPSA) is 59.4 Å². The lowest BCUT2D eigenvalue weighted by atomic mass is 10.00. The number of benzene rings is 1. The number of hydrogen-bond donors (Lipinski definition) is 1. The molecule has 0 unspecified atom stereocenters. The van der Waals surface area contributed by atoms with Crippen molar-refractivity contribution in [2.24, 2.45) is 0 Å². The summed E-state index contributed by atoms with van der Waals surface area (Å²) in [4.78, 5) is 16.2. The van der Waals surface area contributed by atoms with Gasteiger partial charge in [-0.3, -0.25) is 4.98 Å². The molecule has 0 amide bonds. The Bertz CT molecular complexity index is 669. The predicted octanol–water partition coefficient (Wildman–Crippen LogP) is 2.73. The highest BCUT2D eigenvalue weighted by Gasteiger charge is 2.22. The van der Waals surface area contributed by atoms with Gasteiger partial charge in [0.05, 0.1) is 18.2 Å². The van der Waals surface area contributed by atoms with E-state index in [1.165, 1.54) is 0 Å². The van der Waals surface area contributed by atoms with Crippen LogP contribution in [0.4, 0.5) is 0 Å². The van der Waals surface area contributed by atoms with Crippen molar-refractivity contribution in [3.63, 3.8) is 0 Å². The van der Waals surface area contributed by atoms with Gasteiger partial charge in [-0.2, -0.15) is 11.8 Å². The first-order valence-corrected chi connectivity index (χ1v) is 7.16. The van der Waals surface area contributed by atoms with Gasteiger partial charge in [-0.1, -0.05) is 0 Å². The zero-order chi connectivity index (χ0) is 13.4. The molecular formula is C14H13NO3S. The Hall–Kier alpha value is -1.75. The van der Waals surface area contributed by atoms with E-state index in [1.807, 2.05) is 12.1 Å².